The Morgan fingerprint density at radius 2 is 2.17 bits per heavy atom. The monoisotopic (exact) mass is 330 g/mol. The number of likely N-dealkylation sites (tertiary alicyclic amines) is 1. The summed E-state index contributed by atoms with van der Waals surface area (Å²) in [6.07, 6.45) is 5.37. The Hall–Kier alpha value is -2.18. The van der Waals surface area contributed by atoms with E-state index in [9.17, 15) is 4.79 Å². The van der Waals surface area contributed by atoms with Crippen LogP contribution in [-0.2, 0) is 17.9 Å². The second-order valence-electron chi connectivity index (χ2n) is 6.47. The average molecular weight is 330 g/mol. The molecule has 0 aliphatic carbocycles. The lowest BCUT2D eigenvalue weighted by molar-refractivity contribution is -0.135. The summed E-state index contributed by atoms with van der Waals surface area (Å²) in [5.41, 5.74) is 2.09. The molecule has 0 saturated carbocycles. The van der Waals surface area contributed by atoms with Crippen molar-refractivity contribution in [3.8, 4) is 0 Å². The zero-order valence-corrected chi connectivity index (χ0v) is 14.8. The molecule has 0 unspecified atom stereocenters. The number of nitrogens with zero attached hydrogens (tertiary/aromatic N) is 6. The van der Waals surface area contributed by atoms with E-state index >= 15 is 0 Å². The molecule has 1 atom stereocenters. The number of carbonyl (C=O) groups is 1. The third-order valence-electron chi connectivity index (χ3n) is 4.75. The van der Waals surface area contributed by atoms with Gasteiger partial charge < -0.3 is 9.47 Å². The molecule has 0 radical (unpaired) electrons. The second-order valence-corrected chi connectivity index (χ2v) is 6.47. The van der Waals surface area contributed by atoms with Crippen molar-refractivity contribution >= 4 is 5.91 Å². The molecule has 1 aliphatic rings. The van der Waals surface area contributed by atoms with Crippen molar-refractivity contribution in [3.05, 3.63) is 29.6 Å². The first-order valence-corrected chi connectivity index (χ1v) is 8.78. The maximum absolute atomic E-state index is 12.8. The van der Waals surface area contributed by atoms with Crippen LogP contribution in [0, 0.1) is 13.8 Å². The number of amides is 1. The summed E-state index contributed by atoms with van der Waals surface area (Å²) >= 11 is 0. The summed E-state index contributed by atoms with van der Waals surface area (Å²) in [7, 11) is 0. The normalized spacial score (nSPS) is 18.1. The van der Waals surface area contributed by atoms with Crippen LogP contribution in [0.5, 0.6) is 0 Å². The molecule has 7 heteroatoms. The largest absolute Gasteiger partial charge is 0.332 e. The molecule has 130 valence electrons. The molecule has 1 saturated heterocycles. The second kappa shape index (κ2) is 7.15. The van der Waals surface area contributed by atoms with Crippen LogP contribution >= 0.6 is 0 Å². The maximum Gasteiger partial charge on any atom is 0.225 e. The van der Waals surface area contributed by atoms with E-state index in [0.717, 1.165) is 49.6 Å². The van der Waals surface area contributed by atoms with Gasteiger partial charge in [0.1, 0.15) is 6.33 Å². The van der Waals surface area contributed by atoms with Crippen molar-refractivity contribution in [2.24, 2.45) is 0 Å². The van der Waals surface area contributed by atoms with E-state index in [4.69, 9.17) is 0 Å². The van der Waals surface area contributed by atoms with Gasteiger partial charge in [0.2, 0.25) is 5.91 Å². The van der Waals surface area contributed by atoms with Crippen LogP contribution < -0.4 is 0 Å². The number of carbonyl (C=O) groups excluding carboxylic acids is 1. The number of hydrogen-bond acceptors (Lipinski definition) is 4. The highest BCUT2D eigenvalue weighted by atomic mass is 16.2. The number of piperidine rings is 1. The maximum atomic E-state index is 12.8. The Bertz CT molecular complexity index is 704. The summed E-state index contributed by atoms with van der Waals surface area (Å²) in [4.78, 5) is 14.8. The average Bonchev–Trinajstić information content (AvgIpc) is 3.18. The molecule has 1 aliphatic heterocycles. The molecule has 0 bridgehead atoms. The standard InChI is InChI=1S/C17H26N6O/c1-4-21-12-18-19-17(21)15-7-5-6-9-22(15)16(24)8-10-23-14(3)11-13(2)20-23/h11-12,15H,4-10H2,1-3H3/t15-/m0/s1. The molecule has 2 aromatic rings. The molecular weight excluding hydrogens is 304 g/mol. The Morgan fingerprint density at radius 1 is 1.33 bits per heavy atom. The van der Waals surface area contributed by atoms with E-state index in [1.807, 2.05) is 34.1 Å². The molecule has 7 nitrogen and oxygen atoms in total. The molecule has 0 aromatic carbocycles. The Labute approximate surface area is 142 Å². The first-order valence-electron chi connectivity index (χ1n) is 8.78. The summed E-state index contributed by atoms with van der Waals surface area (Å²) in [6, 6.07) is 2.09. The topological polar surface area (TPSA) is 68.8 Å². The van der Waals surface area contributed by atoms with E-state index in [-0.39, 0.29) is 11.9 Å². The van der Waals surface area contributed by atoms with Gasteiger partial charge in [0.05, 0.1) is 11.7 Å². The summed E-state index contributed by atoms with van der Waals surface area (Å²) in [5.74, 6) is 1.09. The summed E-state index contributed by atoms with van der Waals surface area (Å²) < 4.78 is 3.96. The SMILES string of the molecule is CCn1cnnc1[C@@H]1CCCCN1C(=O)CCn1nc(C)cc1C. The van der Waals surface area contributed by atoms with Crippen molar-refractivity contribution < 1.29 is 4.79 Å². The van der Waals surface area contributed by atoms with E-state index in [2.05, 4.69) is 22.2 Å². The molecule has 0 N–H and O–H groups in total. The van der Waals surface area contributed by atoms with Crippen LogP contribution in [0.2, 0.25) is 0 Å². The van der Waals surface area contributed by atoms with Crippen molar-refractivity contribution in [2.75, 3.05) is 6.54 Å². The van der Waals surface area contributed by atoms with E-state index in [1.54, 1.807) is 6.33 Å². The number of rotatable bonds is 5. The van der Waals surface area contributed by atoms with Gasteiger partial charge in [-0.2, -0.15) is 5.10 Å². The molecule has 2 aromatic heterocycles. The lowest BCUT2D eigenvalue weighted by Crippen LogP contribution is -2.40. The Morgan fingerprint density at radius 3 is 2.88 bits per heavy atom. The number of aryl methyl sites for hydroxylation is 4. The van der Waals surface area contributed by atoms with Gasteiger partial charge in [-0.25, -0.2) is 0 Å². The fraction of sp³-hybridized carbons (Fsp3) is 0.647. The van der Waals surface area contributed by atoms with Gasteiger partial charge in [-0.15, -0.1) is 10.2 Å². The molecule has 3 rings (SSSR count). The van der Waals surface area contributed by atoms with Crippen molar-refractivity contribution in [1.82, 2.24) is 29.4 Å². The van der Waals surface area contributed by atoms with Crippen LogP contribution in [0.15, 0.2) is 12.4 Å². The van der Waals surface area contributed by atoms with Gasteiger partial charge in [-0.1, -0.05) is 0 Å². The predicted octanol–water partition coefficient (Wildman–Crippen LogP) is 2.26. The van der Waals surface area contributed by atoms with Crippen LogP contribution in [0.25, 0.3) is 0 Å². The minimum absolute atomic E-state index is 0.0501. The van der Waals surface area contributed by atoms with Crippen LogP contribution in [0.1, 0.15) is 55.9 Å². The summed E-state index contributed by atoms with van der Waals surface area (Å²) in [6.45, 7) is 8.33. The van der Waals surface area contributed by atoms with Gasteiger partial charge in [0.15, 0.2) is 5.82 Å². The first-order chi connectivity index (χ1) is 11.6. The van der Waals surface area contributed by atoms with Crippen LogP contribution in [0.4, 0.5) is 0 Å². The van der Waals surface area contributed by atoms with E-state index < -0.39 is 0 Å². The Balaban J connectivity index is 1.70. The third-order valence-corrected chi connectivity index (χ3v) is 4.75. The van der Waals surface area contributed by atoms with Crippen LogP contribution in [-0.4, -0.2) is 41.9 Å². The minimum Gasteiger partial charge on any atom is -0.332 e. The van der Waals surface area contributed by atoms with Crippen molar-refractivity contribution in [3.63, 3.8) is 0 Å². The van der Waals surface area contributed by atoms with Gasteiger partial charge in [0.25, 0.3) is 0 Å². The highest BCUT2D eigenvalue weighted by Gasteiger charge is 2.31. The van der Waals surface area contributed by atoms with Crippen molar-refractivity contribution in [1.29, 1.82) is 0 Å². The fourth-order valence-electron chi connectivity index (χ4n) is 3.51. The van der Waals surface area contributed by atoms with E-state index in [1.165, 1.54) is 0 Å². The fourth-order valence-corrected chi connectivity index (χ4v) is 3.51. The molecule has 1 amide bonds. The third kappa shape index (κ3) is 3.34. The molecule has 0 spiro atoms. The highest BCUT2D eigenvalue weighted by molar-refractivity contribution is 5.76. The van der Waals surface area contributed by atoms with Crippen LogP contribution in [0.3, 0.4) is 0 Å². The zero-order valence-electron chi connectivity index (χ0n) is 14.8. The van der Waals surface area contributed by atoms with Gasteiger partial charge >= 0.3 is 0 Å². The molecule has 1 fully saturated rings. The van der Waals surface area contributed by atoms with E-state index in [0.29, 0.717) is 13.0 Å². The predicted molar refractivity (Wildman–Crippen MR) is 90.3 cm³/mol. The first kappa shape index (κ1) is 16.7. The molecule has 3 heterocycles. The quantitative estimate of drug-likeness (QED) is 0.843. The molecular formula is C17H26N6O. The summed E-state index contributed by atoms with van der Waals surface area (Å²) in [5, 5.41) is 12.8. The van der Waals surface area contributed by atoms with Gasteiger partial charge in [-0.3, -0.25) is 9.48 Å². The zero-order chi connectivity index (χ0) is 17.1. The van der Waals surface area contributed by atoms with Crippen molar-refractivity contribution in [2.45, 2.75) is 65.6 Å². The number of aromatic nitrogens is 5. The highest BCUT2D eigenvalue weighted by Crippen LogP contribution is 2.30. The Kier molecular flexibility index (Phi) is 4.97. The van der Waals surface area contributed by atoms with Gasteiger partial charge in [-0.05, 0) is 46.1 Å². The lowest BCUT2D eigenvalue weighted by atomic mass is 10.0. The number of hydrogen-bond donors (Lipinski definition) is 0. The molecule has 24 heavy (non-hydrogen) atoms. The lowest BCUT2D eigenvalue weighted by Gasteiger charge is -2.35. The minimum atomic E-state index is 0.0501. The van der Waals surface area contributed by atoms with Gasteiger partial charge in [0, 0.05) is 31.7 Å². The smallest absolute Gasteiger partial charge is 0.225 e.